The molecule has 224 valence electrons. The van der Waals surface area contributed by atoms with E-state index in [4.69, 9.17) is 18.6 Å². The molecule has 0 bridgehead atoms. The summed E-state index contributed by atoms with van der Waals surface area (Å²) in [4.78, 5) is 13.0. The second-order valence-electron chi connectivity index (χ2n) is 12.6. The quantitative estimate of drug-likeness (QED) is 0.120. The lowest BCUT2D eigenvalue weighted by atomic mass is 9.74. The van der Waals surface area contributed by atoms with Crippen molar-refractivity contribution in [2.45, 2.75) is 96.6 Å². The fourth-order valence-corrected chi connectivity index (χ4v) is 6.90. The van der Waals surface area contributed by atoms with Crippen molar-refractivity contribution in [1.29, 1.82) is 0 Å². The summed E-state index contributed by atoms with van der Waals surface area (Å²) in [5.74, 6) is -1.14. The van der Waals surface area contributed by atoms with E-state index in [9.17, 15) is 9.90 Å². The molecule has 0 aliphatic carbocycles. The summed E-state index contributed by atoms with van der Waals surface area (Å²) in [6.07, 6.45) is 3.20. The van der Waals surface area contributed by atoms with Gasteiger partial charge < -0.3 is 23.7 Å². The van der Waals surface area contributed by atoms with Crippen LogP contribution in [0.4, 0.5) is 0 Å². The molecule has 1 fully saturated rings. The number of ether oxygens (including phenoxy) is 3. The first-order chi connectivity index (χ1) is 18.5. The zero-order valence-electron chi connectivity index (χ0n) is 25.7. The van der Waals surface area contributed by atoms with Crippen molar-refractivity contribution < 1.29 is 28.5 Å². The highest BCUT2D eigenvalue weighted by Crippen LogP contribution is 2.45. The van der Waals surface area contributed by atoms with E-state index in [1.165, 1.54) is 0 Å². The average molecular weight is 685 g/mol. The fraction of sp³-hybridized carbons (Fsp3) is 0.594. The Bertz CT molecular complexity index is 1050. The fourth-order valence-electron chi connectivity index (χ4n) is 5.11. The van der Waals surface area contributed by atoms with Gasteiger partial charge in [0.15, 0.2) is 14.6 Å². The van der Waals surface area contributed by atoms with Crippen LogP contribution in [0.3, 0.4) is 0 Å². The van der Waals surface area contributed by atoms with Crippen LogP contribution in [0.25, 0.3) is 0 Å². The second kappa shape index (κ2) is 14.1. The van der Waals surface area contributed by atoms with Crippen molar-refractivity contribution in [1.82, 2.24) is 0 Å². The van der Waals surface area contributed by atoms with Crippen LogP contribution >= 0.6 is 22.6 Å². The molecule has 1 aromatic carbocycles. The maximum absolute atomic E-state index is 13.0. The van der Waals surface area contributed by atoms with Gasteiger partial charge in [-0.15, -0.1) is 13.2 Å². The lowest BCUT2D eigenvalue weighted by molar-refractivity contribution is -0.149. The number of benzene rings is 1. The minimum Gasteiger partial charge on any atom is -0.497 e. The summed E-state index contributed by atoms with van der Waals surface area (Å²) >= 11 is 2.20. The normalized spacial score (nSPS) is 25.1. The molecule has 1 aromatic rings. The Balaban J connectivity index is 2.46. The highest BCUT2D eigenvalue weighted by Gasteiger charge is 2.49. The van der Waals surface area contributed by atoms with E-state index < -0.39 is 38.2 Å². The molecular formula is C32H49IO6Si. The first-order valence-electron chi connectivity index (χ1n) is 13.9. The number of allylic oxidation sites excluding steroid dienone is 2. The van der Waals surface area contributed by atoms with E-state index in [0.29, 0.717) is 12.8 Å². The minimum absolute atomic E-state index is 0.0420. The molecule has 1 aliphatic rings. The molecule has 1 saturated heterocycles. The largest absolute Gasteiger partial charge is 0.497 e. The summed E-state index contributed by atoms with van der Waals surface area (Å²) in [5, 5.41) is 10.6. The molecule has 7 atom stereocenters. The first kappa shape index (κ1) is 34.7. The van der Waals surface area contributed by atoms with Gasteiger partial charge in [-0.05, 0) is 67.0 Å². The topological polar surface area (TPSA) is 74.2 Å². The number of hydrogen-bond donors (Lipinski definition) is 1. The lowest BCUT2D eigenvalue weighted by Crippen LogP contribution is -2.50. The Labute approximate surface area is 256 Å². The number of carboxylic acid groups (broad SMARTS) is 1. The molecule has 2 unspecified atom stereocenters. The molecule has 0 saturated carbocycles. The predicted octanol–water partition coefficient (Wildman–Crippen LogP) is 8.70. The number of rotatable bonds is 14. The van der Waals surface area contributed by atoms with Gasteiger partial charge in [0.2, 0.25) is 0 Å². The maximum Gasteiger partial charge on any atom is 0.309 e. The van der Waals surface area contributed by atoms with Gasteiger partial charge in [0.05, 0.1) is 24.7 Å². The highest BCUT2D eigenvalue weighted by atomic mass is 127. The van der Waals surface area contributed by atoms with Gasteiger partial charge >= 0.3 is 5.97 Å². The van der Waals surface area contributed by atoms with Crippen LogP contribution in [-0.4, -0.2) is 44.3 Å². The second-order valence-corrected chi connectivity index (χ2v) is 18.0. The standard InChI is InChI=1S/C32H49IO6Si/c1-12-21(3)27(22(4)20-33)28(29(34)35)25(39-40(10,11)31(5,6)7)18-19-32(8)26(13-2)37-30(38-32)23-14-16-24(36-9)17-15-23/h12-17,20-21,25-28,30H,1-2,18-19H2,3-11H3,(H,34,35)/b22-20+/t21-,25+,26-,27+,28?,30?,32+/m0/s1. The van der Waals surface area contributed by atoms with Crippen LogP contribution < -0.4 is 4.74 Å². The molecule has 6 nitrogen and oxygen atoms in total. The number of halogens is 1. The van der Waals surface area contributed by atoms with Crippen LogP contribution in [0.1, 0.15) is 66.2 Å². The monoisotopic (exact) mass is 684 g/mol. The molecule has 1 N–H and O–H groups in total. The number of methoxy groups -OCH3 is 1. The Hall–Kier alpha value is -1.46. The average Bonchev–Trinajstić information content (AvgIpc) is 3.24. The third-order valence-electron chi connectivity index (χ3n) is 8.74. The molecule has 8 heteroatoms. The van der Waals surface area contributed by atoms with Gasteiger partial charge in [-0.1, -0.05) is 80.1 Å². The van der Waals surface area contributed by atoms with E-state index in [1.54, 1.807) is 13.2 Å². The van der Waals surface area contributed by atoms with Crippen molar-refractivity contribution >= 4 is 36.9 Å². The molecule has 1 aliphatic heterocycles. The predicted molar refractivity (Wildman–Crippen MR) is 173 cm³/mol. The smallest absolute Gasteiger partial charge is 0.309 e. The van der Waals surface area contributed by atoms with Crippen molar-refractivity contribution in [2.24, 2.45) is 17.8 Å². The maximum atomic E-state index is 13.0. The van der Waals surface area contributed by atoms with Gasteiger partial charge in [0.1, 0.15) is 11.9 Å². The molecule has 40 heavy (non-hydrogen) atoms. The zero-order chi connectivity index (χ0) is 30.5. The number of hydrogen-bond acceptors (Lipinski definition) is 5. The van der Waals surface area contributed by atoms with Gasteiger partial charge in [-0.25, -0.2) is 0 Å². The molecule has 0 radical (unpaired) electrons. The third kappa shape index (κ3) is 8.09. The Morgan fingerprint density at radius 2 is 1.82 bits per heavy atom. The van der Waals surface area contributed by atoms with E-state index >= 15 is 0 Å². The Morgan fingerprint density at radius 3 is 2.27 bits per heavy atom. The summed E-state index contributed by atoms with van der Waals surface area (Å²) in [7, 11) is -0.697. The van der Waals surface area contributed by atoms with Crippen molar-refractivity contribution in [2.75, 3.05) is 7.11 Å². The Kier molecular flexibility index (Phi) is 12.3. The van der Waals surface area contributed by atoms with Crippen molar-refractivity contribution in [3.05, 3.63) is 64.8 Å². The van der Waals surface area contributed by atoms with E-state index in [0.717, 1.165) is 16.9 Å². The zero-order valence-corrected chi connectivity index (χ0v) is 28.9. The van der Waals surface area contributed by atoms with Crippen LogP contribution in [0.2, 0.25) is 18.1 Å². The summed E-state index contributed by atoms with van der Waals surface area (Å²) < 4.78 is 27.1. The van der Waals surface area contributed by atoms with E-state index in [-0.39, 0.29) is 23.0 Å². The van der Waals surface area contributed by atoms with E-state index in [1.807, 2.05) is 55.2 Å². The van der Waals surface area contributed by atoms with Crippen molar-refractivity contribution in [3.63, 3.8) is 0 Å². The molecule has 0 aromatic heterocycles. The Morgan fingerprint density at radius 1 is 1.23 bits per heavy atom. The first-order valence-corrected chi connectivity index (χ1v) is 18.1. The van der Waals surface area contributed by atoms with Crippen LogP contribution in [-0.2, 0) is 18.7 Å². The SMILES string of the molecule is C=C[C@@H]1OC(c2ccc(OC)cc2)O[C@]1(C)CC[C@@H](O[Si](C)(C)C(C)(C)C)C(C(=O)O)[C@@H](/C(C)=C/I)[C@@H](C)C=C. The van der Waals surface area contributed by atoms with Gasteiger partial charge in [0.25, 0.3) is 0 Å². The third-order valence-corrected chi connectivity index (χ3v) is 14.2. The minimum atomic E-state index is -2.33. The molecule has 1 heterocycles. The number of carbonyl (C=O) groups is 1. The molecule has 0 amide bonds. The van der Waals surface area contributed by atoms with Gasteiger partial charge in [-0.3, -0.25) is 4.79 Å². The summed E-state index contributed by atoms with van der Waals surface area (Å²) in [6, 6.07) is 7.62. The summed E-state index contributed by atoms with van der Waals surface area (Å²) in [6.45, 7) is 24.9. The van der Waals surface area contributed by atoms with Gasteiger partial charge in [0, 0.05) is 11.5 Å². The van der Waals surface area contributed by atoms with Crippen LogP contribution in [0, 0.1) is 17.8 Å². The van der Waals surface area contributed by atoms with Gasteiger partial charge in [-0.2, -0.15) is 0 Å². The number of aliphatic carboxylic acids is 1. The van der Waals surface area contributed by atoms with Crippen LogP contribution in [0.5, 0.6) is 5.75 Å². The molecule has 0 spiro atoms. The van der Waals surface area contributed by atoms with E-state index in [2.05, 4.69) is 69.6 Å². The molecular weight excluding hydrogens is 635 g/mol. The highest BCUT2D eigenvalue weighted by molar-refractivity contribution is 14.1. The number of carboxylic acids is 1. The summed E-state index contributed by atoms with van der Waals surface area (Å²) in [5.41, 5.74) is 1.19. The molecule has 2 rings (SSSR count). The van der Waals surface area contributed by atoms with Crippen molar-refractivity contribution in [3.8, 4) is 5.75 Å². The lowest BCUT2D eigenvalue weighted by Gasteiger charge is -2.43. The van der Waals surface area contributed by atoms with Crippen LogP contribution in [0.15, 0.2) is 59.2 Å².